The molecule has 0 bridgehead atoms. The molecule has 2 N–H and O–H groups in total. The van der Waals surface area contributed by atoms with Crippen LogP contribution in [0.1, 0.15) is 13.8 Å². The number of rotatable bonds is 0. The van der Waals surface area contributed by atoms with Crippen molar-refractivity contribution < 1.29 is 0 Å². The van der Waals surface area contributed by atoms with E-state index < -0.39 is 0 Å². The molecule has 0 spiro atoms. The van der Waals surface area contributed by atoms with Gasteiger partial charge in [-0.3, -0.25) is 0 Å². The average molecular weight is 124 g/mol. The van der Waals surface area contributed by atoms with E-state index in [4.69, 9.17) is 5.84 Å². The van der Waals surface area contributed by atoms with Crippen molar-refractivity contribution in [1.29, 1.82) is 0 Å². The van der Waals surface area contributed by atoms with E-state index in [-0.39, 0.29) is 0 Å². The summed E-state index contributed by atoms with van der Waals surface area (Å²) in [6.07, 6.45) is 5.90. The number of hydrogen-bond donors (Lipinski definition) is 1. The molecule has 0 fully saturated rings. The lowest BCUT2D eigenvalue weighted by Crippen LogP contribution is -2.36. The van der Waals surface area contributed by atoms with Crippen molar-refractivity contribution in [2.24, 2.45) is 5.84 Å². The second kappa shape index (κ2) is 2.23. The number of allylic oxidation sites excluding steroid dienone is 2. The average Bonchev–Trinajstić information content (AvgIpc) is 1.83. The summed E-state index contributed by atoms with van der Waals surface area (Å²) in [6.45, 7) is 4.16. The first kappa shape index (κ1) is 6.36. The molecule has 9 heavy (non-hydrogen) atoms. The molecular weight excluding hydrogens is 112 g/mol. The Kier molecular flexibility index (Phi) is 1.58. The minimum Gasteiger partial charge on any atom is -0.311 e. The third-order valence-corrected chi connectivity index (χ3v) is 1.72. The van der Waals surface area contributed by atoms with Gasteiger partial charge in [-0.05, 0) is 25.5 Å². The van der Waals surface area contributed by atoms with Crippen molar-refractivity contribution in [2.45, 2.75) is 19.9 Å². The lowest BCUT2D eigenvalue weighted by Gasteiger charge is -2.25. The molecule has 0 saturated heterocycles. The largest absolute Gasteiger partial charge is 0.311 e. The number of nitrogens with zero attached hydrogens (tertiary/aromatic N) is 1. The van der Waals surface area contributed by atoms with Gasteiger partial charge in [0.25, 0.3) is 0 Å². The Morgan fingerprint density at radius 2 is 2.33 bits per heavy atom. The van der Waals surface area contributed by atoms with Gasteiger partial charge in [-0.15, -0.1) is 0 Å². The van der Waals surface area contributed by atoms with Crippen LogP contribution in [0.5, 0.6) is 0 Å². The quantitative estimate of drug-likeness (QED) is 0.488. The van der Waals surface area contributed by atoms with Crippen molar-refractivity contribution in [3.05, 3.63) is 23.9 Å². The maximum absolute atomic E-state index is 5.57. The first-order valence-corrected chi connectivity index (χ1v) is 3.10. The molecule has 1 unspecified atom stereocenters. The van der Waals surface area contributed by atoms with Gasteiger partial charge in [-0.2, -0.15) is 0 Å². The van der Waals surface area contributed by atoms with Crippen molar-refractivity contribution in [3.8, 4) is 0 Å². The molecule has 2 heteroatoms. The summed E-state index contributed by atoms with van der Waals surface area (Å²) in [4.78, 5) is 0. The molecule has 0 aromatic carbocycles. The Balaban J connectivity index is 2.73. The Labute approximate surface area is 55.6 Å². The third-order valence-electron chi connectivity index (χ3n) is 1.72. The normalized spacial score (nSPS) is 26.3. The highest BCUT2D eigenvalue weighted by molar-refractivity contribution is 5.19. The van der Waals surface area contributed by atoms with Crippen LogP contribution in [0.15, 0.2) is 23.9 Å². The van der Waals surface area contributed by atoms with Crippen molar-refractivity contribution in [2.75, 3.05) is 0 Å². The minimum absolute atomic E-state index is 0.356. The van der Waals surface area contributed by atoms with E-state index in [2.05, 4.69) is 19.9 Å². The summed E-state index contributed by atoms with van der Waals surface area (Å²) in [5.41, 5.74) is 1.31. The molecule has 50 valence electrons. The van der Waals surface area contributed by atoms with Crippen LogP contribution in [-0.2, 0) is 0 Å². The molecule has 1 rings (SSSR count). The van der Waals surface area contributed by atoms with Gasteiger partial charge >= 0.3 is 0 Å². The molecule has 1 aliphatic heterocycles. The Bertz CT molecular complexity index is 158. The van der Waals surface area contributed by atoms with Crippen LogP contribution in [0.3, 0.4) is 0 Å². The molecule has 0 saturated carbocycles. The van der Waals surface area contributed by atoms with Gasteiger partial charge in [0.2, 0.25) is 0 Å². The molecule has 0 aliphatic carbocycles. The van der Waals surface area contributed by atoms with Gasteiger partial charge in [-0.1, -0.05) is 6.08 Å². The maximum Gasteiger partial charge on any atom is 0.0627 e. The van der Waals surface area contributed by atoms with Crippen LogP contribution >= 0.6 is 0 Å². The van der Waals surface area contributed by atoms with Gasteiger partial charge in [0.15, 0.2) is 0 Å². The van der Waals surface area contributed by atoms with E-state index in [1.165, 1.54) is 5.57 Å². The second-order valence-corrected chi connectivity index (χ2v) is 2.38. The van der Waals surface area contributed by atoms with Crippen LogP contribution in [-0.4, -0.2) is 11.1 Å². The molecule has 2 nitrogen and oxygen atoms in total. The summed E-state index contributed by atoms with van der Waals surface area (Å²) in [5, 5.41) is 1.70. The van der Waals surface area contributed by atoms with Crippen molar-refractivity contribution >= 4 is 0 Å². The third kappa shape index (κ3) is 1.13. The van der Waals surface area contributed by atoms with E-state index in [0.717, 1.165) is 0 Å². The number of hydrazine groups is 1. The van der Waals surface area contributed by atoms with Crippen LogP contribution < -0.4 is 5.84 Å². The highest BCUT2D eigenvalue weighted by Crippen LogP contribution is 2.10. The molecule has 1 heterocycles. The lowest BCUT2D eigenvalue weighted by atomic mass is 10.1. The van der Waals surface area contributed by atoms with E-state index >= 15 is 0 Å². The summed E-state index contributed by atoms with van der Waals surface area (Å²) in [5.74, 6) is 5.57. The van der Waals surface area contributed by atoms with Crippen molar-refractivity contribution in [1.82, 2.24) is 5.01 Å². The van der Waals surface area contributed by atoms with Crippen LogP contribution in [0.4, 0.5) is 0 Å². The zero-order chi connectivity index (χ0) is 6.85. The predicted molar refractivity (Wildman–Crippen MR) is 38.4 cm³/mol. The number of nitrogens with two attached hydrogens (primary N) is 1. The molecule has 1 atom stereocenters. The summed E-state index contributed by atoms with van der Waals surface area (Å²) in [6, 6.07) is 0.356. The van der Waals surface area contributed by atoms with Gasteiger partial charge in [-0.25, -0.2) is 5.84 Å². The van der Waals surface area contributed by atoms with E-state index in [1.807, 2.05) is 12.3 Å². The zero-order valence-corrected chi connectivity index (χ0v) is 5.83. The first-order valence-electron chi connectivity index (χ1n) is 3.10. The molecular formula is C7H12N2. The Hall–Kier alpha value is -0.760. The monoisotopic (exact) mass is 124 g/mol. The predicted octanol–water partition coefficient (Wildman–Crippen LogP) is 1.02. The summed E-state index contributed by atoms with van der Waals surface area (Å²) in [7, 11) is 0. The fourth-order valence-electron chi connectivity index (χ4n) is 0.798. The van der Waals surface area contributed by atoms with Crippen LogP contribution in [0.25, 0.3) is 0 Å². The fourth-order valence-corrected chi connectivity index (χ4v) is 0.798. The molecule has 0 amide bonds. The highest BCUT2D eigenvalue weighted by Gasteiger charge is 2.09. The summed E-state index contributed by atoms with van der Waals surface area (Å²) >= 11 is 0. The zero-order valence-electron chi connectivity index (χ0n) is 5.83. The van der Waals surface area contributed by atoms with Gasteiger partial charge in [0.05, 0.1) is 6.04 Å². The Morgan fingerprint density at radius 3 is 2.78 bits per heavy atom. The van der Waals surface area contributed by atoms with Gasteiger partial charge < -0.3 is 5.01 Å². The first-order chi connectivity index (χ1) is 4.22. The maximum atomic E-state index is 5.57. The van der Waals surface area contributed by atoms with Crippen LogP contribution in [0.2, 0.25) is 0 Å². The minimum atomic E-state index is 0.356. The SMILES string of the molecule is CC1=CC=CN(N)C1C. The lowest BCUT2D eigenvalue weighted by molar-refractivity contribution is 0.333. The smallest absolute Gasteiger partial charge is 0.0627 e. The fraction of sp³-hybridized carbons (Fsp3) is 0.429. The second-order valence-electron chi connectivity index (χ2n) is 2.38. The van der Waals surface area contributed by atoms with Gasteiger partial charge in [0, 0.05) is 6.20 Å². The van der Waals surface area contributed by atoms with Crippen molar-refractivity contribution in [3.63, 3.8) is 0 Å². The van der Waals surface area contributed by atoms with Gasteiger partial charge in [0.1, 0.15) is 0 Å². The standard InChI is InChI=1S/C7H12N2/c1-6-4-3-5-9(8)7(6)2/h3-5,7H,8H2,1-2H3. The topological polar surface area (TPSA) is 29.3 Å². The number of hydrogen-bond acceptors (Lipinski definition) is 2. The molecule has 0 radical (unpaired) electrons. The molecule has 0 aromatic heterocycles. The Morgan fingerprint density at radius 1 is 1.67 bits per heavy atom. The highest BCUT2D eigenvalue weighted by atomic mass is 15.4. The molecule has 0 aromatic rings. The van der Waals surface area contributed by atoms with Crippen LogP contribution in [0, 0.1) is 0 Å². The van der Waals surface area contributed by atoms with E-state index in [1.54, 1.807) is 5.01 Å². The van der Waals surface area contributed by atoms with E-state index in [0.29, 0.717) is 6.04 Å². The summed E-state index contributed by atoms with van der Waals surface area (Å²) < 4.78 is 0. The molecule has 1 aliphatic rings. The van der Waals surface area contributed by atoms with E-state index in [9.17, 15) is 0 Å².